The molecule has 204 valence electrons. The minimum atomic E-state index is 0.403. The summed E-state index contributed by atoms with van der Waals surface area (Å²) in [5, 5.41) is 8.79. The number of nitrogens with two attached hydrogens (primary N) is 4. The van der Waals surface area contributed by atoms with Gasteiger partial charge in [0.15, 0.2) is 0 Å². The van der Waals surface area contributed by atoms with E-state index in [0.29, 0.717) is 56.4 Å². The highest BCUT2D eigenvalue weighted by Crippen LogP contribution is 2.05. The van der Waals surface area contributed by atoms with Crippen molar-refractivity contribution < 1.29 is 0 Å². The molecule has 3 rings (SSSR count). The van der Waals surface area contributed by atoms with Crippen molar-refractivity contribution in [3.63, 3.8) is 0 Å². The molecule has 9 N–H and O–H groups in total. The van der Waals surface area contributed by atoms with Crippen LogP contribution in [0.2, 0.25) is 0 Å². The van der Waals surface area contributed by atoms with Gasteiger partial charge in [-0.25, -0.2) is 5.84 Å². The summed E-state index contributed by atoms with van der Waals surface area (Å²) >= 11 is 0. The van der Waals surface area contributed by atoms with Gasteiger partial charge in [-0.15, -0.1) is 0 Å². The first-order chi connectivity index (χ1) is 19.0. The molecule has 0 saturated carbocycles. The Labute approximate surface area is 231 Å². The maximum absolute atomic E-state index is 6.39. The smallest absolute Gasteiger partial charge is 0.0918 e. The minimum Gasteiger partial charge on any atom is -0.400 e. The largest absolute Gasteiger partial charge is 0.400 e. The van der Waals surface area contributed by atoms with Gasteiger partial charge < -0.3 is 27.6 Å². The van der Waals surface area contributed by atoms with E-state index in [0.717, 1.165) is 11.1 Å². The molecule has 0 spiro atoms. The minimum absolute atomic E-state index is 0.403. The van der Waals surface area contributed by atoms with Crippen molar-refractivity contribution in [2.75, 3.05) is 19.6 Å². The SMILES string of the molecule is NN=C(C=NCc1ccccc1)CN(C/C(N)=C/NCc1ccccc1)C/C(N)=C/N(N)Cc1ccccc1. The molecule has 9 nitrogen and oxygen atoms in total. The Balaban J connectivity index is 1.65. The summed E-state index contributed by atoms with van der Waals surface area (Å²) < 4.78 is 0. The molecule has 0 aliphatic heterocycles. The van der Waals surface area contributed by atoms with Gasteiger partial charge in [0.05, 0.1) is 18.8 Å². The Bertz CT molecular complexity index is 1220. The van der Waals surface area contributed by atoms with E-state index >= 15 is 0 Å². The van der Waals surface area contributed by atoms with Crippen LogP contribution in [0.4, 0.5) is 0 Å². The highest BCUT2D eigenvalue weighted by molar-refractivity contribution is 6.31. The van der Waals surface area contributed by atoms with Crippen molar-refractivity contribution in [3.8, 4) is 0 Å². The zero-order chi connectivity index (χ0) is 27.7. The lowest BCUT2D eigenvalue weighted by atomic mass is 10.2. The fraction of sp³-hybridized carbons (Fsp3) is 0.200. The molecule has 0 unspecified atom stereocenters. The molecule has 0 aromatic heterocycles. The number of hydrogen-bond acceptors (Lipinski definition) is 9. The molecule has 3 aromatic rings. The van der Waals surface area contributed by atoms with Crippen LogP contribution in [0.3, 0.4) is 0 Å². The average molecular weight is 526 g/mol. The van der Waals surface area contributed by atoms with Gasteiger partial charge in [-0.1, -0.05) is 91.0 Å². The molecule has 0 fully saturated rings. The standard InChI is InChI=1S/C30H39N9/c31-28(18-35-16-25-10-4-1-5-11-25)21-38(22-29(32)23-39(34)20-27-14-8-3-9-15-27)24-30(37-33)19-36-17-26-12-6-2-7-13-26/h1-15,18-19,23,35H,16-17,20-22,24,31-34H2/b28-18-,29-23-,36-19?,37-30?. The Kier molecular flexibility index (Phi) is 12.1. The monoisotopic (exact) mass is 525 g/mol. The maximum Gasteiger partial charge on any atom is 0.0918 e. The van der Waals surface area contributed by atoms with Gasteiger partial charge in [0.2, 0.25) is 0 Å². The number of nitrogens with one attached hydrogen (secondary N) is 1. The van der Waals surface area contributed by atoms with E-state index in [1.807, 2.05) is 90.0 Å². The van der Waals surface area contributed by atoms with E-state index in [9.17, 15) is 0 Å². The summed E-state index contributed by atoms with van der Waals surface area (Å²) in [6.07, 6.45) is 5.24. The quantitative estimate of drug-likeness (QED) is 0.116. The summed E-state index contributed by atoms with van der Waals surface area (Å²) in [6, 6.07) is 30.1. The van der Waals surface area contributed by atoms with Crippen LogP contribution < -0.4 is 28.5 Å². The third kappa shape index (κ3) is 11.5. The van der Waals surface area contributed by atoms with Crippen LogP contribution in [0.1, 0.15) is 16.7 Å². The Morgan fingerprint density at radius 3 is 1.92 bits per heavy atom. The molecule has 39 heavy (non-hydrogen) atoms. The molecule has 0 aliphatic carbocycles. The summed E-state index contributed by atoms with van der Waals surface area (Å²) in [5.74, 6) is 11.9. The fourth-order valence-corrected chi connectivity index (χ4v) is 3.90. The molecular formula is C30H39N9. The molecule has 0 amide bonds. The molecular weight excluding hydrogens is 486 g/mol. The lowest BCUT2D eigenvalue weighted by molar-refractivity contribution is 0.347. The normalized spacial score (nSPS) is 12.7. The summed E-state index contributed by atoms with van der Waals surface area (Å²) in [4.78, 5) is 6.55. The molecule has 9 heteroatoms. The maximum atomic E-state index is 6.39. The molecule has 0 aliphatic rings. The van der Waals surface area contributed by atoms with Crippen LogP contribution in [0.25, 0.3) is 0 Å². The van der Waals surface area contributed by atoms with Gasteiger partial charge in [0.25, 0.3) is 0 Å². The van der Waals surface area contributed by atoms with Crippen molar-refractivity contribution in [2.45, 2.75) is 19.6 Å². The van der Waals surface area contributed by atoms with Crippen LogP contribution in [-0.4, -0.2) is 41.5 Å². The van der Waals surface area contributed by atoms with E-state index in [4.69, 9.17) is 23.2 Å². The first-order valence-corrected chi connectivity index (χ1v) is 12.8. The molecule has 0 bridgehead atoms. The zero-order valence-corrected chi connectivity index (χ0v) is 22.2. The third-order valence-electron chi connectivity index (χ3n) is 5.70. The van der Waals surface area contributed by atoms with Crippen LogP contribution in [0.15, 0.2) is 125 Å². The lowest BCUT2D eigenvalue weighted by Gasteiger charge is -2.23. The van der Waals surface area contributed by atoms with Gasteiger partial charge in [-0.3, -0.25) is 9.89 Å². The van der Waals surface area contributed by atoms with Gasteiger partial charge in [0, 0.05) is 56.2 Å². The number of hydrazone groups is 1. The van der Waals surface area contributed by atoms with Gasteiger partial charge >= 0.3 is 0 Å². The molecule has 3 aromatic carbocycles. The zero-order valence-electron chi connectivity index (χ0n) is 22.2. The van der Waals surface area contributed by atoms with Gasteiger partial charge in [-0.05, 0) is 16.7 Å². The Hall–Kier alpha value is -4.60. The number of nitrogens with zero attached hydrogens (tertiary/aromatic N) is 4. The Morgan fingerprint density at radius 1 is 0.744 bits per heavy atom. The van der Waals surface area contributed by atoms with Crippen LogP contribution in [-0.2, 0) is 19.6 Å². The predicted octanol–water partition coefficient (Wildman–Crippen LogP) is 2.64. The second-order valence-corrected chi connectivity index (χ2v) is 9.17. The van der Waals surface area contributed by atoms with Gasteiger partial charge in [0.1, 0.15) is 0 Å². The van der Waals surface area contributed by atoms with Gasteiger partial charge in [-0.2, -0.15) is 5.10 Å². The van der Waals surface area contributed by atoms with Crippen LogP contribution in [0.5, 0.6) is 0 Å². The molecule has 0 saturated heterocycles. The second-order valence-electron chi connectivity index (χ2n) is 9.17. The topological polar surface area (TPSA) is 147 Å². The van der Waals surface area contributed by atoms with Crippen molar-refractivity contribution in [1.82, 2.24) is 15.2 Å². The first kappa shape index (κ1) is 29.0. The summed E-state index contributed by atoms with van der Waals surface area (Å²) in [7, 11) is 0. The lowest BCUT2D eigenvalue weighted by Crippen LogP contribution is -2.38. The van der Waals surface area contributed by atoms with Crippen molar-refractivity contribution in [3.05, 3.63) is 131 Å². The fourth-order valence-electron chi connectivity index (χ4n) is 3.90. The first-order valence-electron chi connectivity index (χ1n) is 12.8. The number of benzene rings is 3. The number of rotatable bonds is 15. The number of hydrazine groups is 1. The van der Waals surface area contributed by atoms with E-state index in [-0.39, 0.29) is 0 Å². The van der Waals surface area contributed by atoms with E-state index in [1.54, 1.807) is 17.4 Å². The second kappa shape index (κ2) is 16.3. The predicted molar refractivity (Wildman–Crippen MR) is 161 cm³/mol. The average Bonchev–Trinajstić information content (AvgIpc) is 2.94. The van der Waals surface area contributed by atoms with E-state index < -0.39 is 0 Å². The molecule has 0 heterocycles. The molecule has 0 atom stereocenters. The number of aliphatic imine (C=N–C) groups is 1. The Morgan fingerprint density at radius 2 is 1.31 bits per heavy atom. The van der Waals surface area contributed by atoms with Crippen molar-refractivity contribution >= 4 is 11.9 Å². The van der Waals surface area contributed by atoms with E-state index in [1.165, 1.54) is 5.56 Å². The van der Waals surface area contributed by atoms with E-state index in [2.05, 4.69) is 27.5 Å². The summed E-state index contributed by atoms with van der Waals surface area (Å²) in [5.41, 5.74) is 17.9. The highest BCUT2D eigenvalue weighted by Gasteiger charge is 2.12. The van der Waals surface area contributed by atoms with Crippen molar-refractivity contribution in [2.24, 2.45) is 33.2 Å². The highest BCUT2D eigenvalue weighted by atomic mass is 15.4. The number of hydrogen-bond donors (Lipinski definition) is 5. The van der Waals surface area contributed by atoms with Crippen LogP contribution in [0, 0.1) is 0 Å². The van der Waals surface area contributed by atoms with Crippen LogP contribution >= 0.6 is 0 Å². The molecule has 0 radical (unpaired) electrons. The van der Waals surface area contributed by atoms with Crippen molar-refractivity contribution in [1.29, 1.82) is 0 Å². The third-order valence-corrected chi connectivity index (χ3v) is 5.70. The summed E-state index contributed by atoms with van der Waals surface area (Å²) in [6.45, 7) is 2.99.